The summed E-state index contributed by atoms with van der Waals surface area (Å²) in [4.78, 5) is 13.4. The van der Waals surface area contributed by atoms with Crippen LogP contribution in [-0.4, -0.2) is 35.7 Å². The molecule has 2 heterocycles. The zero-order chi connectivity index (χ0) is 20.5. The quantitative estimate of drug-likeness (QED) is 0.679. The standard InChI is InChI=1S/C20H23N5O2S/c1-12(2)28(26,27)16-8-5-14(6-9-16)19-18(13(3)24-20(21)25-19)15-7-10-17(22-4)23-11-15/h5-12H,1-4H3,(H,22,23)(H2,21,24,25). The summed E-state index contributed by atoms with van der Waals surface area (Å²) < 4.78 is 24.8. The molecular formula is C20H23N5O2S. The van der Waals surface area contributed by atoms with Crippen molar-refractivity contribution in [2.45, 2.75) is 30.9 Å². The van der Waals surface area contributed by atoms with Gasteiger partial charge in [0.1, 0.15) is 5.82 Å². The molecule has 0 bridgehead atoms. The number of hydrogen-bond donors (Lipinski definition) is 2. The van der Waals surface area contributed by atoms with E-state index in [0.717, 1.165) is 28.2 Å². The van der Waals surface area contributed by atoms with E-state index in [9.17, 15) is 8.42 Å². The second-order valence-electron chi connectivity index (χ2n) is 6.69. The second kappa shape index (κ2) is 7.55. The van der Waals surface area contributed by atoms with Crippen LogP contribution < -0.4 is 11.1 Å². The summed E-state index contributed by atoms with van der Waals surface area (Å²) in [6, 6.07) is 10.5. The van der Waals surface area contributed by atoms with E-state index in [-0.39, 0.29) is 10.8 Å². The van der Waals surface area contributed by atoms with Crippen molar-refractivity contribution in [3.63, 3.8) is 0 Å². The summed E-state index contributed by atoms with van der Waals surface area (Å²) in [6.45, 7) is 5.19. The monoisotopic (exact) mass is 397 g/mol. The molecule has 146 valence electrons. The second-order valence-corrected chi connectivity index (χ2v) is 9.20. The fourth-order valence-electron chi connectivity index (χ4n) is 2.91. The average molecular weight is 398 g/mol. The van der Waals surface area contributed by atoms with Crippen LogP contribution in [0.5, 0.6) is 0 Å². The highest BCUT2D eigenvalue weighted by Crippen LogP contribution is 2.34. The van der Waals surface area contributed by atoms with E-state index in [1.165, 1.54) is 0 Å². The summed E-state index contributed by atoms with van der Waals surface area (Å²) in [5.74, 6) is 0.914. The molecule has 0 radical (unpaired) electrons. The van der Waals surface area contributed by atoms with Gasteiger partial charge in [-0.1, -0.05) is 12.1 Å². The molecule has 28 heavy (non-hydrogen) atoms. The lowest BCUT2D eigenvalue weighted by Gasteiger charge is -2.14. The minimum Gasteiger partial charge on any atom is -0.373 e. The first kappa shape index (κ1) is 19.8. The van der Waals surface area contributed by atoms with Crippen molar-refractivity contribution < 1.29 is 8.42 Å². The van der Waals surface area contributed by atoms with Gasteiger partial charge >= 0.3 is 0 Å². The summed E-state index contributed by atoms with van der Waals surface area (Å²) in [6.07, 6.45) is 1.74. The number of nitrogens with one attached hydrogen (secondary N) is 1. The van der Waals surface area contributed by atoms with Crippen molar-refractivity contribution in [3.05, 3.63) is 48.3 Å². The third kappa shape index (κ3) is 3.68. The summed E-state index contributed by atoms with van der Waals surface area (Å²) in [5, 5.41) is 2.50. The number of rotatable bonds is 5. The highest BCUT2D eigenvalue weighted by atomic mass is 32.2. The van der Waals surface area contributed by atoms with Crippen LogP contribution in [0.3, 0.4) is 0 Å². The molecule has 0 unspecified atom stereocenters. The Morgan fingerprint density at radius 3 is 2.18 bits per heavy atom. The highest BCUT2D eigenvalue weighted by molar-refractivity contribution is 7.92. The lowest BCUT2D eigenvalue weighted by molar-refractivity contribution is 0.587. The van der Waals surface area contributed by atoms with Crippen LogP contribution in [0.15, 0.2) is 47.5 Å². The van der Waals surface area contributed by atoms with Crippen LogP contribution in [0.2, 0.25) is 0 Å². The van der Waals surface area contributed by atoms with Crippen molar-refractivity contribution in [1.29, 1.82) is 0 Å². The first-order valence-electron chi connectivity index (χ1n) is 8.86. The fraction of sp³-hybridized carbons (Fsp3) is 0.250. The molecule has 3 aromatic rings. The van der Waals surface area contributed by atoms with Gasteiger partial charge in [-0.05, 0) is 45.0 Å². The van der Waals surface area contributed by atoms with Crippen molar-refractivity contribution in [2.24, 2.45) is 0 Å². The number of hydrogen-bond acceptors (Lipinski definition) is 7. The van der Waals surface area contributed by atoms with Gasteiger partial charge in [0.05, 0.1) is 21.5 Å². The molecule has 0 saturated heterocycles. The molecule has 0 aliphatic heterocycles. The largest absolute Gasteiger partial charge is 0.373 e. The van der Waals surface area contributed by atoms with Crippen molar-refractivity contribution in [1.82, 2.24) is 15.0 Å². The minimum absolute atomic E-state index is 0.162. The highest BCUT2D eigenvalue weighted by Gasteiger charge is 2.20. The lowest BCUT2D eigenvalue weighted by Crippen LogP contribution is -2.13. The maximum Gasteiger partial charge on any atom is 0.220 e. The molecule has 0 aliphatic carbocycles. The Labute approximate surface area is 165 Å². The number of nitrogen functional groups attached to an aromatic ring is 1. The van der Waals surface area contributed by atoms with Crippen molar-refractivity contribution in [2.75, 3.05) is 18.1 Å². The summed E-state index contributed by atoms with van der Waals surface area (Å²) >= 11 is 0. The average Bonchev–Trinajstić information content (AvgIpc) is 2.67. The van der Waals surface area contributed by atoms with Gasteiger partial charge in [-0.3, -0.25) is 0 Å². The van der Waals surface area contributed by atoms with E-state index in [0.29, 0.717) is 5.69 Å². The number of sulfone groups is 1. The maximum atomic E-state index is 12.4. The van der Waals surface area contributed by atoms with Crippen LogP contribution in [0.1, 0.15) is 19.5 Å². The molecule has 0 spiro atoms. The number of aromatic nitrogens is 3. The van der Waals surface area contributed by atoms with Gasteiger partial charge in [-0.15, -0.1) is 0 Å². The van der Waals surface area contributed by atoms with Gasteiger partial charge in [0.2, 0.25) is 5.95 Å². The smallest absolute Gasteiger partial charge is 0.220 e. The zero-order valence-electron chi connectivity index (χ0n) is 16.3. The molecule has 0 saturated carbocycles. The van der Waals surface area contributed by atoms with Gasteiger partial charge in [-0.2, -0.15) is 0 Å². The Kier molecular flexibility index (Phi) is 5.33. The third-order valence-corrected chi connectivity index (χ3v) is 6.66. The third-order valence-electron chi connectivity index (χ3n) is 4.49. The first-order chi connectivity index (χ1) is 13.2. The molecule has 2 aromatic heterocycles. The predicted molar refractivity (Wildman–Crippen MR) is 112 cm³/mol. The number of pyridine rings is 1. The minimum atomic E-state index is -3.34. The van der Waals surface area contributed by atoms with Gasteiger partial charge in [0, 0.05) is 29.9 Å². The van der Waals surface area contributed by atoms with Gasteiger partial charge in [-0.25, -0.2) is 23.4 Å². The first-order valence-corrected chi connectivity index (χ1v) is 10.4. The van der Waals surface area contributed by atoms with Crippen LogP contribution in [0.25, 0.3) is 22.4 Å². The maximum absolute atomic E-state index is 12.4. The Morgan fingerprint density at radius 1 is 1.00 bits per heavy atom. The number of nitrogens with two attached hydrogens (primary N) is 1. The number of benzene rings is 1. The Balaban J connectivity index is 2.14. The topological polar surface area (TPSA) is 111 Å². The predicted octanol–water partition coefficient (Wildman–Crippen LogP) is 3.32. The Bertz CT molecular complexity index is 1090. The molecular weight excluding hydrogens is 374 g/mol. The van der Waals surface area contributed by atoms with Crippen molar-refractivity contribution >= 4 is 21.6 Å². The van der Waals surface area contributed by atoms with Gasteiger partial charge in [0.15, 0.2) is 9.84 Å². The van der Waals surface area contributed by atoms with Gasteiger partial charge in [0.25, 0.3) is 0 Å². The Morgan fingerprint density at radius 2 is 1.64 bits per heavy atom. The normalized spacial score (nSPS) is 11.6. The zero-order valence-corrected chi connectivity index (χ0v) is 17.1. The lowest BCUT2D eigenvalue weighted by atomic mass is 9.99. The molecule has 0 amide bonds. The molecule has 7 nitrogen and oxygen atoms in total. The molecule has 0 atom stereocenters. The van der Waals surface area contributed by atoms with E-state index >= 15 is 0 Å². The molecule has 0 fully saturated rings. The Hall–Kier alpha value is -3.00. The molecule has 3 N–H and O–H groups in total. The van der Waals surface area contributed by atoms with Crippen molar-refractivity contribution in [3.8, 4) is 22.4 Å². The molecule has 3 rings (SSSR count). The molecule has 0 aliphatic rings. The van der Waals surface area contributed by atoms with E-state index < -0.39 is 15.1 Å². The van der Waals surface area contributed by atoms with Crippen LogP contribution in [0.4, 0.5) is 11.8 Å². The summed E-state index contributed by atoms with van der Waals surface area (Å²) in [7, 11) is -1.53. The number of aryl methyl sites for hydroxylation is 1. The molecule has 8 heteroatoms. The number of nitrogens with zero attached hydrogens (tertiary/aromatic N) is 3. The van der Waals surface area contributed by atoms with E-state index in [1.807, 2.05) is 19.1 Å². The van der Waals surface area contributed by atoms with Crippen LogP contribution in [0, 0.1) is 6.92 Å². The number of anilines is 2. The van der Waals surface area contributed by atoms with Crippen LogP contribution >= 0.6 is 0 Å². The van der Waals surface area contributed by atoms with Gasteiger partial charge < -0.3 is 11.1 Å². The fourth-order valence-corrected chi connectivity index (χ4v) is 3.97. The SMILES string of the molecule is CNc1ccc(-c2c(C)nc(N)nc2-c2ccc(S(=O)(=O)C(C)C)cc2)cn1. The molecule has 1 aromatic carbocycles. The van der Waals surface area contributed by atoms with E-state index in [2.05, 4.69) is 20.3 Å². The van der Waals surface area contributed by atoms with Crippen LogP contribution in [-0.2, 0) is 9.84 Å². The van der Waals surface area contributed by atoms with E-state index in [1.54, 1.807) is 51.4 Å². The summed E-state index contributed by atoms with van der Waals surface area (Å²) in [5.41, 5.74) is 9.66. The van der Waals surface area contributed by atoms with E-state index in [4.69, 9.17) is 5.73 Å².